The molecule has 1 aliphatic rings. The molecule has 14 heteroatoms. The van der Waals surface area contributed by atoms with Crippen LogP contribution in [0, 0.1) is 0 Å². The van der Waals surface area contributed by atoms with Crippen molar-refractivity contribution in [2.45, 2.75) is 55.9 Å². The zero-order valence-corrected chi connectivity index (χ0v) is 18.3. The quantitative estimate of drug-likeness (QED) is 0.417. The number of hydrogen-bond acceptors (Lipinski definition) is 7. The molecule has 0 spiro atoms. The second-order valence-electron chi connectivity index (χ2n) is 7.11. The smallest absolute Gasteiger partial charge is 0.481 e. The van der Waals surface area contributed by atoms with Crippen molar-refractivity contribution in [2.75, 3.05) is 13.2 Å². The summed E-state index contributed by atoms with van der Waals surface area (Å²) in [6, 6.07) is 1.24. The van der Waals surface area contributed by atoms with E-state index in [2.05, 4.69) is 4.74 Å². The maximum Gasteiger partial charge on any atom is 0.573 e. The molecule has 0 bridgehead atoms. The fourth-order valence-corrected chi connectivity index (χ4v) is 4.12. The molecule has 1 saturated carbocycles. The molecule has 184 valence electrons. The molecule has 0 unspecified atom stereocenters. The van der Waals surface area contributed by atoms with Crippen LogP contribution in [0.5, 0.6) is 5.75 Å². The molecule has 1 atom stereocenters. The number of carbonyl (C=O) groups is 3. The van der Waals surface area contributed by atoms with Crippen molar-refractivity contribution in [3.05, 3.63) is 24.3 Å². The maximum absolute atomic E-state index is 13.0. The molecule has 0 aliphatic heterocycles. The summed E-state index contributed by atoms with van der Waals surface area (Å²) in [6.07, 6.45) is -4.77. The highest BCUT2D eigenvalue weighted by Crippen LogP contribution is 2.28. The Morgan fingerprint density at radius 1 is 1.21 bits per heavy atom. The molecule has 2 N–H and O–H groups in total. The Kier molecular flexibility index (Phi) is 8.66. The van der Waals surface area contributed by atoms with Gasteiger partial charge in [0.25, 0.3) is 0 Å². The molecule has 2 rings (SSSR count). The van der Waals surface area contributed by atoms with Crippen molar-refractivity contribution in [2.24, 2.45) is 0 Å². The van der Waals surface area contributed by atoms with Gasteiger partial charge in [0.15, 0.2) is 0 Å². The van der Waals surface area contributed by atoms with Gasteiger partial charge in [-0.2, -0.15) is 4.72 Å². The number of carbonyl (C=O) groups excluding carboxylic acids is 2. The average Bonchev–Trinajstić information content (AvgIpc) is 3.51. The van der Waals surface area contributed by atoms with Crippen molar-refractivity contribution in [3.8, 4) is 5.75 Å². The Balaban J connectivity index is 2.18. The topological polar surface area (TPSA) is 139 Å². The first-order valence-electron chi connectivity index (χ1n) is 9.88. The minimum Gasteiger partial charge on any atom is -0.481 e. The van der Waals surface area contributed by atoms with E-state index in [9.17, 15) is 36.0 Å². The summed E-state index contributed by atoms with van der Waals surface area (Å²) < 4.78 is 72.7. The first-order chi connectivity index (χ1) is 15.3. The third kappa shape index (κ3) is 8.53. The molecule has 1 amide bonds. The first kappa shape index (κ1) is 26.4. The lowest BCUT2D eigenvalue weighted by atomic mass is 10.2. The fraction of sp³-hybridized carbons (Fsp3) is 0.526. The van der Waals surface area contributed by atoms with Crippen LogP contribution in [-0.2, 0) is 29.1 Å². The molecule has 0 aromatic heterocycles. The van der Waals surface area contributed by atoms with Gasteiger partial charge in [0.1, 0.15) is 11.8 Å². The summed E-state index contributed by atoms with van der Waals surface area (Å²) in [6.45, 7) is 1.68. The minimum atomic E-state index is -4.96. The normalized spacial score (nSPS) is 14.9. The van der Waals surface area contributed by atoms with E-state index in [0.29, 0.717) is 12.8 Å². The van der Waals surface area contributed by atoms with Crippen LogP contribution in [0.25, 0.3) is 0 Å². The first-order valence-corrected chi connectivity index (χ1v) is 11.4. The third-order valence-corrected chi connectivity index (χ3v) is 5.96. The molecule has 1 aromatic carbocycles. The van der Waals surface area contributed by atoms with E-state index >= 15 is 0 Å². The van der Waals surface area contributed by atoms with E-state index in [-0.39, 0.29) is 25.6 Å². The number of nitrogens with one attached hydrogen (secondary N) is 1. The van der Waals surface area contributed by atoms with Gasteiger partial charge in [0, 0.05) is 12.6 Å². The lowest BCUT2D eigenvalue weighted by Gasteiger charge is -2.27. The van der Waals surface area contributed by atoms with Crippen molar-refractivity contribution in [3.63, 3.8) is 0 Å². The van der Waals surface area contributed by atoms with E-state index in [1.54, 1.807) is 6.92 Å². The van der Waals surface area contributed by atoms with Crippen LogP contribution in [0.15, 0.2) is 29.2 Å². The summed E-state index contributed by atoms with van der Waals surface area (Å²) in [5.74, 6) is -3.50. The average molecular weight is 496 g/mol. The molecule has 1 aromatic rings. The number of rotatable bonds is 12. The number of hydrogen-bond donors (Lipinski definition) is 2. The number of alkyl halides is 3. The highest BCUT2D eigenvalue weighted by atomic mass is 32.2. The van der Waals surface area contributed by atoms with Gasteiger partial charge in [-0.1, -0.05) is 0 Å². The molecule has 33 heavy (non-hydrogen) atoms. The number of ether oxygens (including phenoxy) is 2. The Morgan fingerprint density at radius 3 is 2.30 bits per heavy atom. The van der Waals surface area contributed by atoms with Crippen LogP contribution >= 0.6 is 0 Å². The molecule has 10 nitrogen and oxygen atoms in total. The Labute approximate surface area is 187 Å². The van der Waals surface area contributed by atoms with Crippen LogP contribution in [0.2, 0.25) is 0 Å². The Hall–Kier alpha value is -2.87. The van der Waals surface area contributed by atoms with Gasteiger partial charge in [0.2, 0.25) is 15.9 Å². The summed E-state index contributed by atoms with van der Waals surface area (Å²) in [5.41, 5.74) is 0. The monoisotopic (exact) mass is 496 g/mol. The summed E-state index contributed by atoms with van der Waals surface area (Å²) in [7, 11) is -4.48. The molecular weight excluding hydrogens is 473 g/mol. The van der Waals surface area contributed by atoms with Crippen LogP contribution in [-0.4, -0.2) is 67.9 Å². The molecule has 1 fully saturated rings. The zero-order valence-electron chi connectivity index (χ0n) is 17.5. The van der Waals surface area contributed by atoms with E-state index in [1.165, 1.54) is 4.90 Å². The number of sulfonamides is 1. The van der Waals surface area contributed by atoms with Gasteiger partial charge >= 0.3 is 18.3 Å². The van der Waals surface area contributed by atoms with Crippen LogP contribution in [0.1, 0.15) is 32.6 Å². The third-order valence-electron chi connectivity index (χ3n) is 4.47. The highest BCUT2D eigenvalue weighted by molar-refractivity contribution is 7.89. The number of halogens is 3. The standard InChI is InChI=1S/C19H23F3N2O8S/c1-2-31-17(27)9-10-24(12-3-4-12)18(28)15(11-16(25)26)23-33(29,30)14-7-5-13(6-8-14)32-19(20,21)22/h5-8,12,15,23H,2-4,9-11H2,1H3,(H,25,26)/t15-/m0/s1. The number of carboxylic acid groups (broad SMARTS) is 1. The second kappa shape index (κ2) is 10.8. The maximum atomic E-state index is 13.0. The van der Waals surface area contributed by atoms with Gasteiger partial charge in [-0.3, -0.25) is 14.4 Å². The number of benzene rings is 1. The number of esters is 1. The van der Waals surface area contributed by atoms with E-state index in [4.69, 9.17) is 9.84 Å². The van der Waals surface area contributed by atoms with E-state index in [0.717, 1.165) is 24.3 Å². The SMILES string of the molecule is CCOC(=O)CCN(C(=O)[C@H](CC(=O)O)NS(=O)(=O)c1ccc(OC(F)(F)F)cc1)C1CC1. The number of amides is 1. The van der Waals surface area contributed by atoms with Gasteiger partial charge < -0.3 is 19.5 Å². The fourth-order valence-electron chi connectivity index (χ4n) is 2.93. The van der Waals surface area contributed by atoms with Gasteiger partial charge in [-0.05, 0) is 44.0 Å². The van der Waals surface area contributed by atoms with Crippen molar-refractivity contribution in [1.29, 1.82) is 0 Å². The summed E-state index contributed by atoms with van der Waals surface area (Å²) >= 11 is 0. The highest BCUT2D eigenvalue weighted by Gasteiger charge is 2.38. The predicted octanol–water partition coefficient (Wildman–Crippen LogP) is 1.65. The second-order valence-corrected chi connectivity index (χ2v) is 8.82. The van der Waals surface area contributed by atoms with Crippen molar-refractivity contribution in [1.82, 2.24) is 9.62 Å². The predicted molar refractivity (Wildman–Crippen MR) is 105 cm³/mol. The summed E-state index contributed by atoms with van der Waals surface area (Å²) in [4.78, 5) is 36.6. The number of carboxylic acids is 1. The van der Waals surface area contributed by atoms with E-state index < -0.39 is 57.3 Å². The van der Waals surface area contributed by atoms with Crippen LogP contribution in [0.4, 0.5) is 13.2 Å². The molecule has 1 aliphatic carbocycles. The van der Waals surface area contributed by atoms with Crippen LogP contribution in [0.3, 0.4) is 0 Å². The largest absolute Gasteiger partial charge is 0.573 e. The summed E-state index contributed by atoms with van der Waals surface area (Å²) in [5, 5.41) is 9.17. The molecule has 0 heterocycles. The number of aliphatic carboxylic acids is 1. The zero-order chi connectivity index (χ0) is 24.8. The van der Waals surface area contributed by atoms with Gasteiger partial charge in [0.05, 0.1) is 24.3 Å². The van der Waals surface area contributed by atoms with Crippen LogP contribution < -0.4 is 9.46 Å². The van der Waals surface area contributed by atoms with Crippen molar-refractivity contribution < 1.29 is 50.6 Å². The minimum absolute atomic E-state index is 0.0797. The van der Waals surface area contributed by atoms with E-state index in [1.807, 2.05) is 4.72 Å². The number of nitrogens with zero attached hydrogens (tertiary/aromatic N) is 1. The van der Waals surface area contributed by atoms with Crippen molar-refractivity contribution >= 4 is 27.9 Å². The molecule has 0 saturated heterocycles. The Morgan fingerprint density at radius 2 is 1.82 bits per heavy atom. The van der Waals surface area contributed by atoms with Gasteiger partial charge in [-0.25, -0.2) is 8.42 Å². The Bertz CT molecular complexity index is 962. The lowest BCUT2D eigenvalue weighted by Crippen LogP contribution is -2.50. The molecular formula is C19H23F3N2O8S. The molecule has 0 radical (unpaired) electrons. The lowest BCUT2D eigenvalue weighted by molar-refractivity contribution is -0.274. The van der Waals surface area contributed by atoms with Gasteiger partial charge in [-0.15, -0.1) is 13.2 Å².